The molecule has 3 aromatic rings. The van der Waals surface area contributed by atoms with E-state index in [9.17, 15) is 4.79 Å². The molecule has 0 fully saturated rings. The maximum Gasteiger partial charge on any atom is 0.187 e. The van der Waals surface area contributed by atoms with Crippen LogP contribution in [0.25, 0.3) is 10.4 Å². The van der Waals surface area contributed by atoms with Crippen molar-refractivity contribution in [3.63, 3.8) is 0 Å². The molecule has 0 spiro atoms. The smallest absolute Gasteiger partial charge is 0.187 e. The Bertz CT molecular complexity index is 997. The van der Waals surface area contributed by atoms with Gasteiger partial charge in [-0.2, -0.15) is 0 Å². The minimum atomic E-state index is -0.198. The second kappa shape index (κ2) is 8.37. The molecule has 3 aromatic heterocycles. The molecule has 0 bridgehead atoms. The summed E-state index contributed by atoms with van der Waals surface area (Å²) >= 11 is 0. The van der Waals surface area contributed by atoms with Crippen LogP contribution in [0.1, 0.15) is 21.7 Å². The van der Waals surface area contributed by atoms with Crippen molar-refractivity contribution in [2.45, 2.75) is 13.0 Å². The number of nitrogens with two attached hydrogens (primary N) is 1. The molecule has 27 heavy (non-hydrogen) atoms. The maximum absolute atomic E-state index is 12.4. The van der Waals surface area contributed by atoms with Gasteiger partial charge >= 0.3 is 0 Å². The molecule has 0 unspecified atom stereocenters. The molecule has 0 radical (unpaired) electrons. The van der Waals surface area contributed by atoms with Crippen molar-refractivity contribution in [1.29, 1.82) is 0 Å². The van der Waals surface area contributed by atoms with Crippen LogP contribution in [0.15, 0.2) is 54.2 Å². The molecule has 10 heteroatoms. The molecule has 0 amide bonds. The Hall–Kier alpha value is -4.04. The molecule has 0 aromatic carbocycles. The zero-order valence-electron chi connectivity index (χ0n) is 14.1. The number of pyridine rings is 2. The van der Waals surface area contributed by atoms with Crippen LogP contribution in [0.2, 0.25) is 0 Å². The first-order chi connectivity index (χ1) is 13.2. The Labute approximate surface area is 154 Å². The number of carbonyl (C=O) groups is 1. The Morgan fingerprint density at radius 2 is 2.07 bits per heavy atom. The van der Waals surface area contributed by atoms with Crippen molar-refractivity contribution in [3.05, 3.63) is 76.4 Å². The zero-order valence-corrected chi connectivity index (χ0v) is 14.1. The van der Waals surface area contributed by atoms with Crippen LogP contribution in [-0.4, -0.2) is 25.7 Å². The maximum atomic E-state index is 12.4. The Balaban J connectivity index is 1.65. The van der Waals surface area contributed by atoms with Crippen LogP contribution < -0.4 is 11.1 Å². The molecule has 0 saturated heterocycles. The van der Waals surface area contributed by atoms with Gasteiger partial charge in [0.1, 0.15) is 17.3 Å². The molecule has 3 rings (SSSR count). The lowest BCUT2D eigenvalue weighted by Gasteiger charge is -2.08. The zero-order chi connectivity index (χ0) is 19.1. The van der Waals surface area contributed by atoms with E-state index in [0.717, 1.165) is 16.9 Å². The largest absolute Gasteiger partial charge is 0.382 e. The van der Waals surface area contributed by atoms with E-state index in [0.29, 0.717) is 12.4 Å². The topological polar surface area (TPSA) is 155 Å². The Morgan fingerprint density at radius 3 is 2.81 bits per heavy atom. The van der Waals surface area contributed by atoms with Crippen molar-refractivity contribution in [2.24, 2.45) is 5.11 Å². The van der Waals surface area contributed by atoms with Gasteiger partial charge in [0.2, 0.25) is 0 Å². The van der Waals surface area contributed by atoms with Gasteiger partial charge in [-0.05, 0) is 40.5 Å². The molecule has 0 atom stereocenters. The lowest BCUT2D eigenvalue weighted by Crippen LogP contribution is -2.08. The summed E-state index contributed by atoms with van der Waals surface area (Å²) in [6, 6.07) is 7.21. The van der Waals surface area contributed by atoms with E-state index >= 15 is 0 Å². The van der Waals surface area contributed by atoms with Crippen LogP contribution >= 0.6 is 0 Å². The minimum Gasteiger partial charge on any atom is -0.382 e. The summed E-state index contributed by atoms with van der Waals surface area (Å²) in [5.41, 5.74) is 16.6. The number of Topliss-reactive ketones (excluding diaryl/α,β-unsaturated/α-hetero) is 1. The predicted molar refractivity (Wildman–Crippen MR) is 99.1 cm³/mol. The van der Waals surface area contributed by atoms with E-state index in [4.69, 9.17) is 11.3 Å². The first-order valence-corrected chi connectivity index (χ1v) is 7.94. The molecular formula is C17H15N9O. The molecule has 3 heterocycles. The predicted octanol–water partition coefficient (Wildman–Crippen LogP) is 2.83. The average molecular weight is 361 g/mol. The molecule has 10 nitrogen and oxygen atoms in total. The fourth-order valence-electron chi connectivity index (χ4n) is 2.33. The summed E-state index contributed by atoms with van der Waals surface area (Å²) in [5, 5.41) is 6.48. The summed E-state index contributed by atoms with van der Waals surface area (Å²) in [7, 11) is 0. The number of azide groups is 1. The van der Waals surface area contributed by atoms with Crippen LogP contribution in [0.3, 0.4) is 0 Å². The van der Waals surface area contributed by atoms with E-state index in [1.807, 2.05) is 12.1 Å². The molecular weight excluding hydrogens is 346 g/mol. The number of anilines is 2. The second-order valence-corrected chi connectivity index (χ2v) is 5.49. The highest BCUT2D eigenvalue weighted by Crippen LogP contribution is 2.15. The molecule has 134 valence electrons. The third kappa shape index (κ3) is 4.74. The van der Waals surface area contributed by atoms with E-state index in [1.165, 1.54) is 12.4 Å². The van der Waals surface area contributed by atoms with Crippen LogP contribution in [0.4, 0.5) is 17.3 Å². The molecule has 0 aliphatic rings. The van der Waals surface area contributed by atoms with Gasteiger partial charge in [0, 0.05) is 23.7 Å². The van der Waals surface area contributed by atoms with Crippen molar-refractivity contribution in [1.82, 2.24) is 19.9 Å². The van der Waals surface area contributed by atoms with Gasteiger partial charge in [-0.3, -0.25) is 14.8 Å². The highest BCUT2D eigenvalue weighted by Gasteiger charge is 2.10. The summed E-state index contributed by atoms with van der Waals surface area (Å²) in [4.78, 5) is 31.1. The van der Waals surface area contributed by atoms with Gasteiger partial charge in [0.05, 0.1) is 30.3 Å². The van der Waals surface area contributed by atoms with Gasteiger partial charge in [-0.15, -0.1) is 0 Å². The first-order valence-electron chi connectivity index (χ1n) is 7.94. The van der Waals surface area contributed by atoms with Gasteiger partial charge in [-0.25, -0.2) is 9.97 Å². The van der Waals surface area contributed by atoms with Crippen LogP contribution in [-0.2, 0) is 13.0 Å². The lowest BCUT2D eigenvalue weighted by atomic mass is 10.1. The third-order valence-electron chi connectivity index (χ3n) is 3.62. The number of nitrogens with zero attached hydrogens (tertiary/aromatic N) is 7. The van der Waals surface area contributed by atoms with Crippen molar-refractivity contribution < 1.29 is 4.79 Å². The van der Waals surface area contributed by atoms with Crippen molar-refractivity contribution >= 4 is 23.1 Å². The number of nitrogen functional groups attached to an aromatic ring is 1. The first kappa shape index (κ1) is 17.8. The number of aromatic nitrogens is 4. The summed E-state index contributed by atoms with van der Waals surface area (Å²) < 4.78 is 0. The van der Waals surface area contributed by atoms with Gasteiger partial charge in [0.15, 0.2) is 5.78 Å². The number of ketones is 1. The molecule has 0 aliphatic carbocycles. The molecule has 0 aliphatic heterocycles. The number of carbonyl (C=O) groups excluding carboxylic acids is 1. The minimum absolute atomic E-state index is 0.112. The quantitative estimate of drug-likeness (QED) is 0.283. The molecule has 3 N–H and O–H groups in total. The van der Waals surface area contributed by atoms with Crippen molar-refractivity contribution in [2.75, 3.05) is 11.1 Å². The highest BCUT2D eigenvalue weighted by molar-refractivity contribution is 5.95. The number of hydrogen-bond acceptors (Lipinski definition) is 8. The van der Waals surface area contributed by atoms with Gasteiger partial charge in [0.25, 0.3) is 0 Å². The number of hydrogen-bond donors (Lipinski definition) is 2. The van der Waals surface area contributed by atoms with Crippen LogP contribution in [0, 0.1) is 0 Å². The standard InChI is InChI=1S/C17H15N9O/c18-17-13(2-1-4-21-17)22-8-12-6-11(3-5-20-12)7-15(27)14-9-24-16(10-23-14)25-26-19/h1-6,9-10,22H,7-8H2,(H2,18,21). The Morgan fingerprint density at radius 1 is 1.19 bits per heavy atom. The third-order valence-corrected chi connectivity index (χ3v) is 3.62. The number of nitrogens with one attached hydrogen (secondary N) is 1. The van der Waals surface area contributed by atoms with E-state index in [-0.39, 0.29) is 23.7 Å². The monoisotopic (exact) mass is 361 g/mol. The molecule has 0 saturated carbocycles. The summed E-state index contributed by atoms with van der Waals surface area (Å²) in [6.45, 7) is 0.443. The number of rotatable bonds is 7. The fourth-order valence-corrected chi connectivity index (χ4v) is 2.33. The van der Waals surface area contributed by atoms with E-state index in [2.05, 4.69) is 35.3 Å². The summed E-state index contributed by atoms with van der Waals surface area (Å²) in [5.74, 6) is 0.323. The highest BCUT2D eigenvalue weighted by atomic mass is 16.1. The van der Waals surface area contributed by atoms with E-state index < -0.39 is 0 Å². The normalized spacial score (nSPS) is 10.1. The Kier molecular flexibility index (Phi) is 5.51. The van der Waals surface area contributed by atoms with E-state index in [1.54, 1.807) is 24.5 Å². The van der Waals surface area contributed by atoms with Crippen LogP contribution in [0.5, 0.6) is 0 Å². The van der Waals surface area contributed by atoms with Gasteiger partial charge in [-0.1, -0.05) is 0 Å². The SMILES string of the molecule is [N-]=[N+]=Nc1cnc(C(=O)Cc2ccnc(CNc3cccnc3N)c2)cn1. The summed E-state index contributed by atoms with van der Waals surface area (Å²) in [6.07, 6.45) is 5.96. The average Bonchev–Trinajstić information content (AvgIpc) is 2.68. The second-order valence-electron chi connectivity index (χ2n) is 5.49. The lowest BCUT2D eigenvalue weighted by molar-refractivity contribution is 0.0988. The fraction of sp³-hybridized carbons (Fsp3) is 0.118. The van der Waals surface area contributed by atoms with Crippen molar-refractivity contribution in [3.8, 4) is 0 Å². The van der Waals surface area contributed by atoms with Gasteiger partial charge < -0.3 is 11.1 Å².